The molecule has 0 aliphatic rings. The molecule has 0 fully saturated rings. The van der Waals surface area contributed by atoms with Crippen LogP contribution in [0, 0.1) is 16.4 Å². The molecule has 2 aromatic carbocycles. The van der Waals surface area contributed by atoms with Crippen LogP contribution < -0.4 is 0 Å². The van der Waals surface area contributed by atoms with E-state index in [4.69, 9.17) is 12.2 Å². The molecule has 0 atom stereocenters. The molecule has 0 amide bonds. The molecule has 0 unspecified atom stereocenters. The Hall–Kier alpha value is -1.53. The average Bonchev–Trinajstić information content (AvgIpc) is 2.69. The van der Waals surface area contributed by atoms with E-state index in [0.29, 0.717) is 10.3 Å². The third kappa shape index (κ3) is 2.41. The number of hydrogen-bond donors (Lipinski definition) is 1. The van der Waals surface area contributed by atoms with Gasteiger partial charge in [0.25, 0.3) is 0 Å². The Bertz CT molecular complexity index is 854. The molecule has 2 nitrogen and oxygen atoms in total. The lowest BCUT2D eigenvalue weighted by Gasteiger charge is -2.06. The van der Waals surface area contributed by atoms with E-state index in [0.717, 1.165) is 21.6 Å². The van der Waals surface area contributed by atoms with E-state index in [2.05, 4.69) is 20.9 Å². The van der Waals surface area contributed by atoms with Crippen molar-refractivity contribution in [1.29, 1.82) is 0 Å². The van der Waals surface area contributed by atoms with Gasteiger partial charge in [0.05, 0.1) is 17.6 Å². The van der Waals surface area contributed by atoms with E-state index < -0.39 is 11.6 Å². The van der Waals surface area contributed by atoms with Crippen LogP contribution in [0.25, 0.3) is 11.0 Å². The maximum Gasteiger partial charge on any atom is 0.178 e. The predicted molar refractivity (Wildman–Crippen MR) is 80.3 cm³/mol. The van der Waals surface area contributed by atoms with Crippen LogP contribution in [-0.4, -0.2) is 9.55 Å². The minimum atomic E-state index is -0.587. The van der Waals surface area contributed by atoms with E-state index in [1.165, 1.54) is 12.1 Å². The molecular weight excluding hydrogens is 346 g/mol. The number of nitrogens with zero attached hydrogens (tertiary/aromatic N) is 1. The van der Waals surface area contributed by atoms with Crippen molar-refractivity contribution in [2.24, 2.45) is 0 Å². The number of aromatic nitrogens is 2. The number of halogens is 3. The van der Waals surface area contributed by atoms with Crippen molar-refractivity contribution in [2.45, 2.75) is 6.54 Å². The summed E-state index contributed by atoms with van der Waals surface area (Å²) in [4.78, 5) is 3.07. The van der Waals surface area contributed by atoms with Gasteiger partial charge < -0.3 is 9.55 Å². The lowest BCUT2D eigenvalue weighted by atomic mass is 10.2. The van der Waals surface area contributed by atoms with Gasteiger partial charge in [-0.25, -0.2) is 8.78 Å². The fraction of sp³-hybridized carbons (Fsp3) is 0.0714. The molecule has 1 heterocycles. The number of hydrogen-bond acceptors (Lipinski definition) is 1. The van der Waals surface area contributed by atoms with Crippen LogP contribution in [0.15, 0.2) is 40.9 Å². The number of benzene rings is 2. The summed E-state index contributed by atoms with van der Waals surface area (Å²) in [7, 11) is 0. The van der Waals surface area contributed by atoms with Crippen LogP contribution in [0.3, 0.4) is 0 Å². The molecule has 0 bridgehead atoms. The van der Waals surface area contributed by atoms with Crippen LogP contribution in [0.1, 0.15) is 5.56 Å². The molecule has 6 heteroatoms. The molecule has 0 radical (unpaired) electrons. The molecule has 1 aromatic heterocycles. The van der Waals surface area contributed by atoms with E-state index in [9.17, 15) is 8.78 Å². The zero-order chi connectivity index (χ0) is 14.3. The summed E-state index contributed by atoms with van der Waals surface area (Å²) < 4.78 is 29.9. The second-order valence-corrected chi connectivity index (χ2v) is 5.72. The average molecular weight is 355 g/mol. The number of imidazole rings is 1. The number of aromatic amines is 1. The van der Waals surface area contributed by atoms with Crippen LogP contribution in [0.2, 0.25) is 0 Å². The van der Waals surface area contributed by atoms with Crippen molar-refractivity contribution in [2.75, 3.05) is 0 Å². The second kappa shape index (κ2) is 5.10. The maximum atomic E-state index is 13.7. The van der Waals surface area contributed by atoms with Crippen molar-refractivity contribution in [3.63, 3.8) is 0 Å². The fourth-order valence-electron chi connectivity index (χ4n) is 2.10. The van der Waals surface area contributed by atoms with Crippen molar-refractivity contribution in [3.05, 3.63) is 62.8 Å². The summed E-state index contributed by atoms with van der Waals surface area (Å²) in [5.41, 5.74) is 2.14. The van der Waals surface area contributed by atoms with Gasteiger partial charge in [-0.15, -0.1) is 0 Å². The monoisotopic (exact) mass is 354 g/mol. The number of rotatable bonds is 2. The van der Waals surface area contributed by atoms with Gasteiger partial charge in [0.2, 0.25) is 0 Å². The first-order chi connectivity index (χ1) is 9.54. The largest absolute Gasteiger partial charge is 0.331 e. The summed E-state index contributed by atoms with van der Waals surface area (Å²) in [5.74, 6) is -1.16. The molecule has 20 heavy (non-hydrogen) atoms. The molecule has 3 aromatic rings. The minimum absolute atomic E-state index is 0.251. The zero-order valence-corrected chi connectivity index (χ0v) is 12.6. The molecule has 0 aliphatic heterocycles. The highest BCUT2D eigenvalue weighted by atomic mass is 79.9. The van der Waals surface area contributed by atoms with Crippen molar-refractivity contribution in [3.8, 4) is 0 Å². The Morgan fingerprint density at radius 3 is 2.70 bits per heavy atom. The highest BCUT2D eigenvalue weighted by Crippen LogP contribution is 2.21. The SMILES string of the molecule is Fc1ccc(Cn2c(=S)[nH]c3ccc(Br)cc32)c(F)c1. The quantitative estimate of drug-likeness (QED) is 0.656. The zero-order valence-electron chi connectivity index (χ0n) is 10.2. The summed E-state index contributed by atoms with van der Waals surface area (Å²) in [6.45, 7) is 0.251. The van der Waals surface area contributed by atoms with Crippen molar-refractivity contribution < 1.29 is 8.78 Å². The van der Waals surface area contributed by atoms with Crippen LogP contribution in [-0.2, 0) is 6.54 Å². The summed E-state index contributed by atoms with van der Waals surface area (Å²) >= 11 is 8.66. The summed E-state index contributed by atoms with van der Waals surface area (Å²) in [5, 5.41) is 0. The van der Waals surface area contributed by atoms with Gasteiger partial charge in [-0.05, 0) is 36.5 Å². The van der Waals surface area contributed by atoms with E-state index in [1.54, 1.807) is 4.57 Å². The highest BCUT2D eigenvalue weighted by molar-refractivity contribution is 9.10. The summed E-state index contributed by atoms with van der Waals surface area (Å²) in [6.07, 6.45) is 0. The second-order valence-electron chi connectivity index (χ2n) is 4.41. The van der Waals surface area contributed by atoms with Crippen molar-refractivity contribution >= 4 is 39.2 Å². The molecule has 102 valence electrons. The van der Waals surface area contributed by atoms with E-state index in [-0.39, 0.29) is 6.54 Å². The van der Waals surface area contributed by atoms with Gasteiger partial charge in [0, 0.05) is 16.1 Å². The molecule has 0 saturated carbocycles. The van der Waals surface area contributed by atoms with Gasteiger partial charge in [-0.2, -0.15) is 0 Å². The standard InChI is InChI=1S/C14H9BrF2N2S/c15-9-2-4-12-13(5-9)19(14(20)18-12)7-8-1-3-10(16)6-11(8)17/h1-6H,7H2,(H,18,20). The van der Waals surface area contributed by atoms with Crippen molar-refractivity contribution in [1.82, 2.24) is 9.55 Å². The first-order valence-corrected chi connectivity index (χ1v) is 7.07. The van der Waals surface area contributed by atoms with E-state index in [1.807, 2.05) is 18.2 Å². The predicted octanol–water partition coefficient (Wildman–Crippen LogP) is 4.79. The Morgan fingerprint density at radius 1 is 1.15 bits per heavy atom. The van der Waals surface area contributed by atoms with E-state index >= 15 is 0 Å². The molecule has 0 saturated heterocycles. The third-order valence-electron chi connectivity index (χ3n) is 3.08. The maximum absolute atomic E-state index is 13.7. The third-order valence-corrected chi connectivity index (χ3v) is 3.90. The van der Waals surface area contributed by atoms with Gasteiger partial charge in [-0.1, -0.05) is 22.0 Å². The lowest BCUT2D eigenvalue weighted by molar-refractivity contribution is 0.567. The van der Waals surface area contributed by atoms with Gasteiger partial charge in [-0.3, -0.25) is 0 Å². The molecule has 0 aliphatic carbocycles. The van der Waals surface area contributed by atoms with Gasteiger partial charge in [0.15, 0.2) is 4.77 Å². The molecule has 0 spiro atoms. The lowest BCUT2D eigenvalue weighted by Crippen LogP contribution is -2.02. The first-order valence-electron chi connectivity index (χ1n) is 5.86. The Kier molecular flexibility index (Phi) is 3.43. The highest BCUT2D eigenvalue weighted by Gasteiger charge is 2.09. The number of nitrogens with one attached hydrogen (secondary N) is 1. The fourth-order valence-corrected chi connectivity index (χ4v) is 2.72. The molecular formula is C14H9BrF2N2S. The van der Waals surface area contributed by atoms with Crippen LogP contribution in [0.4, 0.5) is 8.78 Å². The minimum Gasteiger partial charge on any atom is -0.331 e. The normalized spacial score (nSPS) is 11.2. The topological polar surface area (TPSA) is 20.7 Å². The Labute approximate surface area is 127 Å². The Morgan fingerprint density at radius 2 is 1.95 bits per heavy atom. The number of fused-ring (bicyclic) bond motifs is 1. The molecule has 1 N–H and O–H groups in total. The first kappa shape index (κ1) is 13.5. The number of H-pyrrole nitrogens is 1. The smallest absolute Gasteiger partial charge is 0.178 e. The van der Waals surface area contributed by atoms with Crippen LogP contribution >= 0.6 is 28.1 Å². The molecule has 3 rings (SSSR count). The van der Waals surface area contributed by atoms with Crippen LogP contribution in [0.5, 0.6) is 0 Å². The summed E-state index contributed by atoms with van der Waals surface area (Å²) in [6, 6.07) is 9.26. The van der Waals surface area contributed by atoms with Gasteiger partial charge >= 0.3 is 0 Å². The van der Waals surface area contributed by atoms with Gasteiger partial charge in [0.1, 0.15) is 11.6 Å². The Balaban J connectivity index is 2.12.